The molecule has 0 radical (unpaired) electrons. The normalized spacial score (nSPS) is 21.6. The number of halogens is 2. The molecule has 1 aliphatic heterocycles. The fourth-order valence-corrected chi connectivity index (χ4v) is 2.44. The monoisotopic (exact) mass is 256 g/mol. The summed E-state index contributed by atoms with van der Waals surface area (Å²) >= 11 is 0. The first-order valence-electron chi connectivity index (χ1n) is 6.09. The molecule has 18 heavy (non-hydrogen) atoms. The molecule has 2 atom stereocenters. The molecule has 0 amide bonds. The van der Waals surface area contributed by atoms with Crippen molar-refractivity contribution in [2.24, 2.45) is 5.92 Å². The molecule has 1 aromatic carbocycles. The van der Waals surface area contributed by atoms with Crippen molar-refractivity contribution in [3.05, 3.63) is 23.8 Å². The lowest BCUT2D eigenvalue weighted by molar-refractivity contribution is 0.136. The molecule has 2 rings (SSSR count). The van der Waals surface area contributed by atoms with Crippen molar-refractivity contribution in [1.82, 2.24) is 0 Å². The van der Waals surface area contributed by atoms with Crippen LogP contribution < -0.4 is 10.6 Å². The number of nitrogens with zero attached hydrogens (tertiary/aromatic N) is 1. The quantitative estimate of drug-likeness (QED) is 0.816. The van der Waals surface area contributed by atoms with Gasteiger partial charge in [-0.1, -0.05) is 0 Å². The van der Waals surface area contributed by atoms with Crippen molar-refractivity contribution in [3.8, 4) is 0 Å². The number of hydrogen-bond acceptors (Lipinski definition) is 3. The highest BCUT2D eigenvalue weighted by Gasteiger charge is 2.28. The lowest BCUT2D eigenvalue weighted by Gasteiger charge is -2.23. The van der Waals surface area contributed by atoms with E-state index in [0.717, 1.165) is 6.42 Å². The Kier molecular flexibility index (Phi) is 3.71. The van der Waals surface area contributed by atoms with Crippen LogP contribution in [0.5, 0.6) is 0 Å². The molecule has 0 bridgehead atoms. The zero-order valence-corrected chi connectivity index (χ0v) is 10.3. The van der Waals surface area contributed by atoms with Gasteiger partial charge in [-0.3, -0.25) is 0 Å². The van der Waals surface area contributed by atoms with Crippen LogP contribution in [0.4, 0.5) is 20.2 Å². The molecule has 3 nitrogen and oxygen atoms in total. The molecule has 1 saturated heterocycles. The first kappa shape index (κ1) is 13.1. The van der Waals surface area contributed by atoms with Crippen LogP contribution in [0.1, 0.15) is 25.3 Å². The molecule has 5 heteroatoms. The van der Waals surface area contributed by atoms with Crippen molar-refractivity contribution in [2.75, 3.05) is 23.7 Å². The molecule has 1 fully saturated rings. The zero-order valence-electron chi connectivity index (χ0n) is 10.3. The average molecular weight is 256 g/mol. The Labute approximate surface area is 105 Å². The molecule has 100 valence electrons. The van der Waals surface area contributed by atoms with E-state index >= 15 is 0 Å². The maximum atomic E-state index is 13.0. The van der Waals surface area contributed by atoms with E-state index in [4.69, 9.17) is 5.73 Å². The minimum absolute atomic E-state index is 0.0266. The largest absolute Gasteiger partial charge is 0.399 e. The molecule has 3 N–H and O–H groups in total. The van der Waals surface area contributed by atoms with Crippen molar-refractivity contribution in [2.45, 2.75) is 25.9 Å². The van der Waals surface area contributed by atoms with Gasteiger partial charge in [0.1, 0.15) is 0 Å². The van der Waals surface area contributed by atoms with Gasteiger partial charge in [-0.15, -0.1) is 0 Å². The number of aliphatic hydroxyl groups is 1. The van der Waals surface area contributed by atoms with Crippen molar-refractivity contribution >= 4 is 11.4 Å². The molecule has 2 unspecified atom stereocenters. The molecule has 1 aromatic rings. The van der Waals surface area contributed by atoms with E-state index in [1.54, 1.807) is 19.1 Å². The van der Waals surface area contributed by atoms with Gasteiger partial charge in [0.2, 0.25) is 0 Å². The summed E-state index contributed by atoms with van der Waals surface area (Å²) in [5, 5.41) is 9.54. The SMILES string of the molecule is CC(O)C1CCN(c2ccc(N)cc2C(F)F)C1. The molecule has 0 saturated carbocycles. The molecular weight excluding hydrogens is 238 g/mol. The number of rotatable bonds is 3. The van der Waals surface area contributed by atoms with E-state index in [1.165, 1.54) is 6.07 Å². The third-order valence-electron chi connectivity index (χ3n) is 3.53. The first-order chi connectivity index (χ1) is 8.49. The lowest BCUT2D eigenvalue weighted by Crippen LogP contribution is -2.24. The number of alkyl halides is 2. The Balaban J connectivity index is 2.24. The van der Waals surface area contributed by atoms with E-state index in [-0.39, 0.29) is 11.5 Å². The van der Waals surface area contributed by atoms with Crippen LogP contribution in [0, 0.1) is 5.92 Å². The van der Waals surface area contributed by atoms with Gasteiger partial charge in [-0.25, -0.2) is 8.78 Å². The second kappa shape index (κ2) is 5.10. The number of anilines is 2. The Morgan fingerprint density at radius 2 is 2.17 bits per heavy atom. The van der Waals surface area contributed by atoms with Gasteiger partial charge in [0.15, 0.2) is 0 Å². The number of nitrogens with two attached hydrogens (primary N) is 1. The minimum atomic E-state index is -2.53. The average Bonchev–Trinajstić information content (AvgIpc) is 2.78. The Hall–Kier alpha value is -1.36. The molecular formula is C13H18F2N2O. The summed E-state index contributed by atoms with van der Waals surface area (Å²) in [7, 11) is 0. The summed E-state index contributed by atoms with van der Waals surface area (Å²) in [6.07, 6.45) is -2.11. The number of benzene rings is 1. The van der Waals surface area contributed by atoms with Crippen LogP contribution in [-0.4, -0.2) is 24.3 Å². The van der Waals surface area contributed by atoms with Gasteiger partial charge < -0.3 is 15.7 Å². The summed E-state index contributed by atoms with van der Waals surface area (Å²) in [4.78, 5) is 1.90. The van der Waals surface area contributed by atoms with E-state index < -0.39 is 12.5 Å². The summed E-state index contributed by atoms with van der Waals surface area (Å²) in [5.41, 5.74) is 6.40. The number of hydrogen-bond donors (Lipinski definition) is 2. The molecule has 0 aromatic heterocycles. The fraction of sp³-hybridized carbons (Fsp3) is 0.538. The van der Waals surface area contributed by atoms with E-state index in [0.29, 0.717) is 24.5 Å². The van der Waals surface area contributed by atoms with Crippen molar-refractivity contribution in [3.63, 3.8) is 0 Å². The third-order valence-corrected chi connectivity index (χ3v) is 3.53. The Morgan fingerprint density at radius 1 is 1.44 bits per heavy atom. The van der Waals surface area contributed by atoms with Gasteiger partial charge in [-0.05, 0) is 31.5 Å². The van der Waals surface area contributed by atoms with Gasteiger partial charge in [0.05, 0.1) is 6.10 Å². The lowest BCUT2D eigenvalue weighted by atomic mass is 10.0. The van der Waals surface area contributed by atoms with Crippen molar-refractivity contribution in [1.29, 1.82) is 0 Å². The van der Waals surface area contributed by atoms with Crippen LogP contribution in [0.25, 0.3) is 0 Å². The number of nitrogen functional groups attached to an aromatic ring is 1. The fourth-order valence-electron chi connectivity index (χ4n) is 2.44. The molecule has 0 spiro atoms. The Morgan fingerprint density at radius 3 is 2.72 bits per heavy atom. The molecule has 1 aliphatic rings. The predicted octanol–water partition coefficient (Wildman–Crippen LogP) is 2.41. The topological polar surface area (TPSA) is 49.5 Å². The van der Waals surface area contributed by atoms with Crippen molar-refractivity contribution < 1.29 is 13.9 Å². The van der Waals surface area contributed by atoms with Crippen LogP contribution >= 0.6 is 0 Å². The predicted molar refractivity (Wildman–Crippen MR) is 67.8 cm³/mol. The Bertz CT molecular complexity index is 423. The second-order valence-electron chi connectivity index (χ2n) is 4.85. The van der Waals surface area contributed by atoms with Crippen LogP contribution in [0.3, 0.4) is 0 Å². The third kappa shape index (κ3) is 2.56. The highest BCUT2D eigenvalue weighted by Crippen LogP contribution is 2.34. The highest BCUT2D eigenvalue weighted by molar-refractivity contribution is 5.60. The van der Waals surface area contributed by atoms with E-state index in [9.17, 15) is 13.9 Å². The smallest absolute Gasteiger partial charge is 0.265 e. The van der Waals surface area contributed by atoms with Gasteiger partial charge in [0.25, 0.3) is 6.43 Å². The zero-order chi connectivity index (χ0) is 13.3. The summed E-state index contributed by atoms with van der Waals surface area (Å²) < 4.78 is 26.0. The summed E-state index contributed by atoms with van der Waals surface area (Å²) in [6, 6.07) is 4.61. The van der Waals surface area contributed by atoms with Gasteiger partial charge >= 0.3 is 0 Å². The van der Waals surface area contributed by atoms with Crippen LogP contribution in [-0.2, 0) is 0 Å². The summed E-state index contributed by atoms with van der Waals surface area (Å²) in [5.74, 6) is 0.146. The van der Waals surface area contributed by atoms with E-state index in [1.807, 2.05) is 4.90 Å². The van der Waals surface area contributed by atoms with Gasteiger partial charge in [0, 0.05) is 35.9 Å². The highest BCUT2D eigenvalue weighted by atomic mass is 19.3. The maximum Gasteiger partial charge on any atom is 0.265 e. The van der Waals surface area contributed by atoms with Crippen LogP contribution in [0.15, 0.2) is 18.2 Å². The van der Waals surface area contributed by atoms with E-state index in [2.05, 4.69) is 0 Å². The molecule has 0 aliphatic carbocycles. The molecule has 1 heterocycles. The maximum absolute atomic E-state index is 13.0. The standard InChI is InChI=1S/C13H18F2N2O/c1-8(18)9-4-5-17(7-9)12-3-2-10(16)6-11(12)13(14)15/h2-3,6,8-9,13,18H,4-5,7,16H2,1H3. The van der Waals surface area contributed by atoms with Crippen LogP contribution in [0.2, 0.25) is 0 Å². The summed E-state index contributed by atoms with van der Waals surface area (Å²) in [6.45, 7) is 3.05. The second-order valence-corrected chi connectivity index (χ2v) is 4.85. The number of aliphatic hydroxyl groups excluding tert-OH is 1. The van der Waals surface area contributed by atoms with Gasteiger partial charge in [-0.2, -0.15) is 0 Å². The minimum Gasteiger partial charge on any atom is -0.399 e. The first-order valence-corrected chi connectivity index (χ1v) is 6.09.